The number of carbonyl (C=O) groups excluding carboxylic acids is 2. The third-order valence-corrected chi connectivity index (χ3v) is 3.97. The summed E-state index contributed by atoms with van der Waals surface area (Å²) < 4.78 is 5.14. The van der Waals surface area contributed by atoms with Crippen LogP contribution in [0.15, 0.2) is 40.9 Å². The molecule has 7 heteroatoms. The van der Waals surface area contributed by atoms with Gasteiger partial charge < -0.3 is 14.2 Å². The minimum atomic E-state index is -0.200. The van der Waals surface area contributed by atoms with Crippen molar-refractivity contribution in [3.8, 4) is 0 Å². The lowest BCUT2D eigenvalue weighted by Gasteiger charge is -2.34. The van der Waals surface area contributed by atoms with E-state index in [0.29, 0.717) is 26.2 Å². The summed E-state index contributed by atoms with van der Waals surface area (Å²) in [5, 5.41) is 0.192. The van der Waals surface area contributed by atoms with E-state index in [4.69, 9.17) is 16.0 Å². The van der Waals surface area contributed by atoms with Gasteiger partial charge in [-0.1, -0.05) is 6.07 Å². The summed E-state index contributed by atoms with van der Waals surface area (Å²) in [6, 6.07) is 8.61. The molecule has 2 amide bonds. The van der Waals surface area contributed by atoms with Crippen LogP contribution < -0.4 is 0 Å². The number of amides is 2. The molecule has 0 radical (unpaired) electrons. The highest BCUT2D eigenvalue weighted by Gasteiger charge is 2.26. The van der Waals surface area contributed by atoms with Gasteiger partial charge in [0.05, 0.1) is 6.42 Å². The second kappa shape index (κ2) is 6.83. The highest BCUT2D eigenvalue weighted by molar-refractivity contribution is 6.29. The Morgan fingerprint density at radius 1 is 1.09 bits per heavy atom. The average molecular weight is 334 g/mol. The van der Waals surface area contributed by atoms with E-state index in [9.17, 15) is 9.59 Å². The Morgan fingerprint density at radius 3 is 2.43 bits per heavy atom. The van der Waals surface area contributed by atoms with Gasteiger partial charge in [0.1, 0.15) is 0 Å². The summed E-state index contributed by atoms with van der Waals surface area (Å²) in [6.45, 7) is 1.97. The van der Waals surface area contributed by atoms with Crippen LogP contribution in [0.2, 0.25) is 5.22 Å². The number of furan rings is 1. The van der Waals surface area contributed by atoms with Gasteiger partial charge in [-0.05, 0) is 35.9 Å². The molecule has 2 aromatic heterocycles. The maximum atomic E-state index is 12.3. The molecule has 0 aromatic carbocycles. The lowest BCUT2D eigenvalue weighted by atomic mass is 10.2. The van der Waals surface area contributed by atoms with Gasteiger partial charge in [0.2, 0.25) is 5.91 Å². The number of nitrogens with zero attached hydrogens (tertiary/aromatic N) is 3. The summed E-state index contributed by atoms with van der Waals surface area (Å²) in [6.07, 6.45) is 1.95. The van der Waals surface area contributed by atoms with Crippen LogP contribution in [0.3, 0.4) is 0 Å². The van der Waals surface area contributed by atoms with E-state index in [1.54, 1.807) is 28.1 Å². The van der Waals surface area contributed by atoms with Crippen molar-refractivity contribution in [2.75, 3.05) is 26.2 Å². The number of aromatic nitrogens is 1. The van der Waals surface area contributed by atoms with Crippen LogP contribution in [-0.4, -0.2) is 52.8 Å². The molecule has 0 spiro atoms. The standard InChI is InChI=1S/C16H16ClN3O3/c17-14-5-4-13(23-14)16(22)20-9-7-19(8-10-20)15(21)11-12-3-1-2-6-18-12/h1-6H,7-11H2. The first kappa shape index (κ1) is 15.6. The van der Waals surface area contributed by atoms with Gasteiger partial charge in [-0.2, -0.15) is 0 Å². The van der Waals surface area contributed by atoms with Crippen LogP contribution >= 0.6 is 11.6 Å². The highest BCUT2D eigenvalue weighted by atomic mass is 35.5. The molecule has 3 heterocycles. The van der Waals surface area contributed by atoms with Crippen molar-refractivity contribution in [2.24, 2.45) is 0 Å². The summed E-state index contributed by atoms with van der Waals surface area (Å²) in [7, 11) is 0. The van der Waals surface area contributed by atoms with Crippen molar-refractivity contribution in [3.63, 3.8) is 0 Å². The van der Waals surface area contributed by atoms with Crippen LogP contribution in [0.25, 0.3) is 0 Å². The van der Waals surface area contributed by atoms with E-state index >= 15 is 0 Å². The van der Waals surface area contributed by atoms with Crippen LogP contribution in [0.4, 0.5) is 0 Å². The zero-order valence-electron chi connectivity index (χ0n) is 12.4. The van der Waals surface area contributed by atoms with Gasteiger partial charge in [0, 0.05) is 38.1 Å². The molecule has 0 aliphatic carbocycles. The molecule has 0 bridgehead atoms. The quantitative estimate of drug-likeness (QED) is 0.860. The number of carbonyl (C=O) groups is 2. The van der Waals surface area contributed by atoms with Crippen molar-refractivity contribution in [1.82, 2.24) is 14.8 Å². The third kappa shape index (κ3) is 3.71. The largest absolute Gasteiger partial charge is 0.440 e. The van der Waals surface area contributed by atoms with Gasteiger partial charge in [0.15, 0.2) is 11.0 Å². The van der Waals surface area contributed by atoms with Gasteiger partial charge in [-0.25, -0.2) is 0 Å². The first-order valence-electron chi connectivity index (χ1n) is 7.36. The number of pyridine rings is 1. The van der Waals surface area contributed by atoms with E-state index < -0.39 is 0 Å². The van der Waals surface area contributed by atoms with Crippen molar-refractivity contribution in [2.45, 2.75) is 6.42 Å². The third-order valence-electron chi connectivity index (χ3n) is 3.76. The smallest absolute Gasteiger partial charge is 0.289 e. The maximum absolute atomic E-state index is 12.3. The molecule has 1 aliphatic heterocycles. The summed E-state index contributed by atoms with van der Waals surface area (Å²) >= 11 is 5.69. The first-order chi connectivity index (χ1) is 11.1. The molecular weight excluding hydrogens is 318 g/mol. The second-order valence-electron chi connectivity index (χ2n) is 5.27. The van der Waals surface area contributed by atoms with Crippen LogP contribution in [0.5, 0.6) is 0 Å². The fourth-order valence-corrected chi connectivity index (χ4v) is 2.66. The predicted octanol–water partition coefficient (Wildman–Crippen LogP) is 1.86. The number of hydrogen-bond donors (Lipinski definition) is 0. The van der Waals surface area contributed by atoms with Crippen LogP contribution in [0, 0.1) is 0 Å². The van der Waals surface area contributed by atoms with E-state index in [1.807, 2.05) is 18.2 Å². The minimum Gasteiger partial charge on any atom is -0.440 e. The van der Waals surface area contributed by atoms with Gasteiger partial charge in [-0.3, -0.25) is 14.6 Å². The van der Waals surface area contributed by atoms with E-state index in [0.717, 1.165) is 5.69 Å². The molecule has 1 saturated heterocycles. The average Bonchev–Trinajstić information content (AvgIpc) is 3.02. The normalized spacial score (nSPS) is 14.8. The Balaban J connectivity index is 1.54. The SMILES string of the molecule is O=C(Cc1ccccn1)N1CCN(C(=O)c2ccc(Cl)o2)CC1. The number of halogens is 1. The molecule has 3 rings (SSSR count). The molecule has 2 aromatic rings. The molecule has 0 N–H and O–H groups in total. The van der Waals surface area contributed by atoms with Crippen molar-refractivity contribution >= 4 is 23.4 Å². The van der Waals surface area contributed by atoms with Gasteiger partial charge in [0.25, 0.3) is 5.91 Å². The van der Waals surface area contributed by atoms with Gasteiger partial charge >= 0.3 is 0 Å². The Labute approximate surface area is 138 Å². The Morgan fingerprint density at radius 2 is 1.83 bits per heavy atom. The summed E-state index contributed by atoms with van der Waals surface area (Å²) in [5.74, 6) is 0.0498. The zero-order valence-corrected chi connectivity index (χ0v) is 13.2. The topological polar surface area (TPSA) is 66.7 Å². The lowest BCUT2D eigenvalue weighted by Crippen LogP contribution is -2.51. The number of hydrogen-bond acceptors (Lipinski definition) is 4. The molecule has 6 nitrogen and oxygen atoms in total. The Hall–Kier alpha value is -2.34. The number of piperazine rings is 1. The van der Waals surface area contributed by atoms with Gasteiger partial charge in [-0.15, -0.1) is 0 Å². The summed E-state index contributed by atoms with van der Waals surface area (Å²) in [4.78, 5) is 32.1. The molecule has 23 heavy (non-hydrogen) atoms. The highest BCUT2D eigenvalue weighted by Crippen LogP contribution is 2.16. The van der Waals surface area contributed by atoms with Crippen molar-refractivity contribution in [3.05, 3.63) is 53.2 Å². The molecule has 1 aliphatic rings. The summed E-state index contributed by atoms with van der Waals surface area (Å²) in [5.41, 5.74) is 0.751. The molecule has 120 valence electrons. The van der Waals surface area contributed by atoms with Crippen LogP contribution in [0.1, 0.15) is 16.2 Å². The fourth-order valence-electron chi connectivity index (χ4n) is 2.51. The van der Waals surface area contributed by atoms with Crippen molar-refractivity contribution in [1.29, 1.82) is 0 Å². The minimum absolute atomic E-state index is 0.0249. The molecule has 0 saturated carbocycles. The monoisotopic (exact) mass is 333 g/mol. The molecular formula is C16H16ClN3O3. The second-order valence-corrected chi connectivity index (χ2v) is 5.65. The maximum Gasteiger partial charge on any atom is 0.289 e. The lowest BCUT2D eigenvalue weighted by molar-refractivity contribution is -0.132. The molecule has 0 unspecified atom stereocenters. The fraction of sp³-hybridized carbons (Fsp3) is 0.312. The van der Waals surface area contributed by atoms with Crippen LogP contribution in [-0.2, 0) is 11.2 Å². The van der Waals surface area contributed by atoms with E-state index in [1.165, 1.54) is 0 Å². The van der Waals surface area contributed by atoms with E-state index in [2.05, 4.69) is 4.98 Å². The Kier molecular flexibility index (Phi) is 4.62. The predicted molar refractivity (Wildman–Crippen MR) is 84.1 cm³/mol. The van der Waals surface area contributed by atoms with Crippen molar-refractivity contribution < 1.29 is 14.0 Å². The molecule has 1 fully saturated rings. The zero-order chi connectivity index (χ0) is 16.2. The number of rotatable bonds is 3. The Bertz CT molecular complexity index is 694. The molecule has 0 atom stereocenters. The van der Waals surface area contributed by atoms with E-state index in [-0.39, 0.29) is 29.2 Å². The first-order valence-corrected chi connectivity index (χ1v) is 7.73.